The first-order valence-electron chi connectivity index (χ1n) is 2.84. The number of hydrogen-bond acceptors (Lipinski definition) is 1. The molecule has 0 bridgehead atoms. The summed E-state index contributed by atoms with van der Waals surface area (Å²) in [7, 11) is 4.14. The largest absolute Gasteiger partial charge is 2.00 e. The van der Waals surface area contributed by atoms with E-state index in [1.165, 1.54) is 5.70 Å². The van der Waals surface area contributed by atoms with E-state index in [1.54, 1.807) is 0 Å². The first kappa shape index (κ1) is 17.6. The Hall–Kier alpha value is 0.574. The van der Waals surface area contributed by atoms with E-state index in [4.69, 9.17) is 0 Å². The van der Waals surface area contributed by atoms with Crippen molar-refractivity contribution in [2.75, 3.05) is 14.1 Å². The molecule has 0 unspecified atom stereocenters. The van der Waals surface area contributed by atoms with Crippen LogP contribution < -0.4 is 24.8 Å². The van der Waals surface area contributed by atoms with Gasteiger partial charge >= 0.3 is 21.7 Å². The molecule has 0 saturated heterocycles. The minimum Gasteiger partial charge on any atom is -1.00 e. The number of hydrogen-bond donors (Lipinski definition) is 0. The molecule has 0 heterocycles. The van der Waals surface area contributed by atoms with Crippen molar-refractivity contribution in [3.05, 3.63) is 23.9 Å². The van der Waals surface area contributed by atoms with E-state index >= 15 is 0 Å². The molecule has 0 aromatic carbocycles. The Kier molecular flexibility index (Phi) is 13.9. The Balaban J connectivity index is -0.000000213. The van der Waals surface area contributed by atoms with Crippen LogP contribution in [-0.2, 0) is 21.7 Å². The number of allylic oxidation sites excluding steroid dienone is 3. The van der Waals surface area contributed by atoms with E-state index < -0.39 is 0 Å². The Morgan fingerprint density at radius 2 is 1.82 bits per heavy atom. The molecule has 0 radical (unpaired) electrons. The van der Waals surface area contributed by atoms with E-state index in [1.807, 2.05) is 0 Å². The third kappa shape index (κ3) is 5.80. The average Bonchev–Trinajstić information content (AvgIpc) is 2.12. The molecule has 0 aromatic rings. The number of halogens is 2. The molecule has 0 atom stereocenters. The quantitative estimate of drug-likeness (QED) is 0.408. The molecule has 1 rings (SSSR count). The van der Waals surface area contributed by atoms with Crippen LogP contribution in [0.4, 0.5) is 0 Å². The summed E-state index contributed by atoms with van der Waals surface area (Å²) in [6.07, 6.45) is 7.50. The monoisotopic (exact) mass is 227 g/mol. The molecule has 0 aromatic heterocycles. The molecule has 1 nitrogen and oxygen atoms in total. The van der Waals surface area contributed by atoms with E-state index in [2.05, 4.69) is 37.2 Å². The SMILES string of the molecule is CN(C)C1=CC=CC1.[Cl-].[Cl-].[Ti+2]. The van der Waals surface area contributed by atoms with Crippen LogP contribution in [0.2, 0.25) is 0 Å². The maximum absolute atomic E-state index is 2.16. The summed E-state index contributed by atoms with van der Waals surface area (Å²) in [6, 6.07) is 0. The van der Waals surface area contributed by atoms with Gasteiger partial charge in [0, 0.05) is 26.2 Å². The Labute approximate surface area is 95.6 Å². The van der Waals surface area contributed by atoms with Gasteiger partial charge in [-0.1, -0.05) is 12.2 Å². The van der Waals surface area contributed by atoms with Crippen LogP contribution in [0, 0.1) is 0 Å². The van der Waals surface area contributed by atoms with Crippen LogP contribution in [0.15, 0.2) is 23.9 Å². The standard InChI is InChI=1S/C7H11N.2ClH.Ti/c1-8(2)7-5-3-4-6-7;;;/h3-5H,6H2,1-2H3;2*1H;/q;;;+2/p-2. The molecule has 0 aliphatic heterocycles. The summed E-state index contributed by atoms with van der Waals surface area (Å²) in [5.41, 5.74) is 1.39. The maximum atomic E-state index is 2.16. The van der Waals surface area contributed by atoms with Gasteiger partial charge in [-0.25, -0.2) is 0 Å². The molecule has 1 aliphatic rings. The van der Waals surface area contributed by atoms with Gasteiger partial charge in [0.15, 0.2) is 0 Å². The first-order valence-corrected chi connectivity index (χ1v) is 2.84. The van der Waals surface area contributed by atoms with Crippen molar-refractivity contribution in [1.82, 2.24) is 4.90 Å². The smallest absolute Gasteiger partial charge is 1.00 e. The van der Waals surface area contributed by atoms with Crippen LogP contribution in [0.25, 0.3) is 0 Å². The Morgan fingerprint density at radius 3 is 2.00 bits per heavy atom. The van der Waals surface area contributed by atoms with Crippen molar-refractivity contribution in [1.29, 1.82) is 0 Å². The molecular weight excluding hydrogens is 217 g/mol. The van der Waals surface area contributed by atoms with E-state index in [9.17, 15) is 0 Å². The molecule has 0 spiro atoms. The van der Waals surface area contributed by atoms with E-state index in [0.717, 1.165) is 6.42 Å². The minimum atomic E-state index is 0. The zero-order valence-electron chi connectivity index (χ0n) is 6.64. The van der Waals surface area contributed by atoms with Gasteiger partial charge in [-0.3, -0.25) is 0 Å². The minimum absolute atomic E-state index is 0. The molecule has 0 fully saturated rings. The third-order valence-electron chi connectivity index (χ3n) is 1.33. The fourth-order valence-corrected chi connectivity index (χ4v) is 0.768. The fraction of sp³-hybridized carbons (Fsp3) is 0.429. The summed E-state index contributed by atoms with van der Waals surface area (Å²) < 4.78 is 0. The molecule has 11 heavy (non-hydrogen) atoms. The molecule has 1 aliphatic carbocycles. The predicted octanol–water partition coefficient (Wildman–Crippen LogP) is -4.60. The van der Waals surface area contributed by atoms with Crippen LogP contribution >= 0.6 is 0 Å². The number of nitrogens with zero attached hydrogens (tertiary/aromatic N) is 1. The molecule has 0 N–H and O–H groups in total. The second kappa shape index (κ2) is 8.67. The van der Waals surface area contributed by atoms with E-state index in [-0.39, 0.29) is 46.5 Å². The summed E-state index contributed by atoms with van der Waals surface area (Å²) in [5, 5.41) is 0. The molecule has 4 heteroatoms. The normalized spacial score (nSPS) is 12.0. The van der Waals surface area contributed by atoms with Gasteiger partial charge in [0.1, 0.15) is 0 Å². The topological polar surface area (TPSA) is 3.24 Å². The maximum Gasteiger partial charge on any atom is 2.00 e. The van der Waals surface area contributed by atoms with Gasteiger partial charge in [0.2, 0.25) is 0 Å². The van der Waals surface area contributed by atoms with Crippen molar-refractivity contribution < 1.29 is 46.5 Å². The van der Waals surface area contributed by atoms with Gasteiger partial charge in [0.05, 0.1) is 0 Å². The average molecular weight is 228 g/mol. The Bertz CT molecular complexity index is 143. The van der Waals surface area contributed by atoms with Gasteiger partial charge < -0.3 is 29.7 Å². The van der Waals surface area contributed by atoms with Gasteiger partial charge in [-0.2, -0.15) is 0 Å². The second-order valence-corrected chi connectivity index (χ2v) is 2.18. The summed E-state index contributed by atoms with van der Waals surface area (Å²) >= 11 is 0. The molecule has 62 valence electrons. The van der Waals surface area contributed by atoms with Crippen molar-refractivity contribution in [2.45, 2.75) is 6.42 Å². The molecule has 0 amide bonds. The van der Waals surface area contributed by atoms with Crippen LogP contribution in [0.1, 0.15) is 6.42 Å². The van der Waals surface area contributed by atoms with Crippen molar-refractivity contribution in [2.24, 2.45) is 0 Å². The summed E-state index contributed by atoms with van der Waals surface area (Å²) in [4.78, 5) is 2.14. The zero-order valence-corrected chi connectivity index (χ0v) is 9.72. The van der Waals surface area contributed by atoms with Crippen molar-refractivity contribution >= 4 is 0 Å². The van der Waals surface area contributed by atoms with Crippen LogP contribution in [-0.4, -0.2) is 19.0 Å². The van der Waals surface area contributed by atoms with Gasteiger partial charge in [0.25, 0.3) is 0 Å². The Morgan fingerprint density at radius 1 is 1.27 bits per heavy atom. The predicted molar refractivity (Wildman–Crippen MR) is 35.5 cm³/mol. The molecular formula is C7H11Cl2NTi. The summed E-state index contributed by atoms with van der Waals surface area (Å²) in [6.45, 7) is 0. The zero-order chi connectivity index (χ0) is 5.98. The van der Waals surface area contributed by atoms with Gasteiger partial charge in [-0.05, 0) is 6.08 Å². The fourth-order valence-electron chi connectivity index (χ4n) is 0.768. The van der Waals surface area contributed by atoms with Crippen molar-refractivity contribution in [3.63, 3.8) is 0 Å². The van der Waals surface area contributed by atoms with Crippen LogP contribution in [0.3, 0.4) is 0 Å². The van der Waals surface area contributed by atoms with Crippen molar-refractivity contribution in [3.8, 4) is 0 Å². The van der Waals surface area contributed by atoms with Crippen LogP contribution in [0.5, 0.6) is 0 Å². The summed E-state index contributed by atoms with van der Waals surface area (Å²) in [5.74, 6) is 0. The molecule has 0 saturated carbocycles. The number of rotatable bonds is 1. The van der Waals surface area contributed by atoms with Gasteiger partial charge in [-0.15, -0.1) is 0 Å². The second-order valence-electron chi connectivity index (χ2n) is 2.18. The third-order valence-corrected chi connectivity index (χ3v) is 1.33. The van der Waals surface area contributed by atoms with E-state index in [0.29, 0.717) is 0 Å². The first-order chi connectivity index (χ1) is 3.80.